The fraction of sp³-hybridized carbons (Fsp3) is 0.500. The monoisotopic (exact) mass is 252 g/mol. The second kappa shape index (κ2) is 3.23. The molecule has 1 N–H and O–H groups in total. The van der Waals surface area contributed by atoms with Gasteiger partial charge in [0, 0.05) is 0 Å². The van der Waals surface area contributed by atoms with Gasteiger partial charge in [-0.25, -0.2) is 0 Å². The van der Waals surface area contributed by atoms with Gasteiger partial charge in [0.25, 0.3) is 0 Å². The Bertz CT molecular complexity index is 200. The first-order chi connectivity index (χ1) is 4.79. The van der Waals surface area contributed by atoms with E-state index in [1.165, 1.54) is 0 Å². The van der Waals surface area contributed by atoms with Gasteiger partial charge in [-0.3, -0.25) is 5.10 Å². The van der Waals surface area contributed by atoms with E-state index in [9.17, 15) is 0 Å². The lowest BCUT2D eigenvalue weighted by Gasteiger charge is -1.92. The van der Waals surface area contributed by atoms with Crippen LogP contribution in [-0.4, -0.2) is 17.3 Å². The number of methoxy groups -OCH3 is 1. The number of hydrogen-bond donors (Lipinski definition) is 1. The van der Waals surface area contributed by atoms with Crippen LogP contribution >= 0.6 is 22.6 Å². The third-order valence-corrected chi connectivity index (χ3v) is 2.40. The Morgan fingerprint density at radius 2 is 2.40 bits per heavy atom. The Kier molecular flexibility index (Phi) is 2.53. The van der Waals surface area contributed by atoms with Crippen molar-refractivity contribution in [1.82, 2.24) is 10.2 Å². The molecule has 0 aliphatic heterocycles. The van der Waals surface area contributed by atoms with E-state index in [1.807, 2.05) is 0 Å². The van der Waals surface area contributed by atoms with E-state index < -0.39 is 0 Å². The summed E-state index contributed by atoms with van der Waals surface area (Å²) in [6.45, 7) is 2.08. The Balaban J connectivity index is 2.97. The third kappa shape index (κ3) is 1.25. The number of aromatic nitrogens is 2. The van der Waals surface area contributed by atoms with Crippen molar-refractivity contribution in [2.24, 2.45) is 0 Å². The van der Waals surface area contributed by atoms with Crippen molar-refractivity contribution in [3.63, 3.8) is 0 Å². The second-order valence-electron chi connectivity index (χ2n) is 1.88. The van der Waals surface area contributed by atoms with Crippen LogP contribution in [0.25, 0.3) is 0 Å². The van der Waals surface area contributed by atoms with E-state index in [0.717, 1.165) is 15.7 Å². The van der Waals surface area contributed by atoms with Gasteiger partial charge in [-0.1, -0.05) is 6.92 Å². The molecular formula is C6H9IN2O. The molecule has 1 heterocycles. The Morgan fingerprint density at radius 1 is 1.70 bits per heavy atom. The summed E-state index contributed by atoms with van der Waals surface area (Å²) >= 11 is 2.22. The topological polar surface area (TPSA) is 37.9 Å². The average Bonchev–Trinajstić information content (AvgIpc) is 2.30. The molecule has 0 saturated heterocycles. The quantitative estimate of drug-likeness (QED) is 0.811. The summed E-state index contributed by atoms with van der Waals surface area (Å²) in [4.78, 5) is 0. The zero-order valence-electron chi connectivity index (χ0n) is 5.94. The van der Waals surface area contributed by atoms with E-state index in [0.29, 0.717) is 5.88 Å². The Labute approximate surface area is 73.3 Å². The maximum absolute atomic E-state index is 4.98. The van der Waals surface area contributed by atoms with Crippen molar-refractivity contribution in [1.29, 1.82) is 0 Å². The summed E-state index contributed by atoms with van der Waals surface area (Å²) in [6, 6.07) is 0. The molecule has 0 fully saturated rings. The minimum Gasteiger partial charge on any atom is -0.479 e. The van der Waals surface area contributed by atoms with E-state index in [-0.39, 0.29) is 0 Å². The molecule has 1 aromatic heterocycles. The number of nitrogens with zero attached hydrogens (tertiary/aromatic N) is 1. The number of hydrogen-bond acceptors (Lipinski definition) is 2. The first-order valence-corrected chi connectivity index (χ1v) is 4.14. The molecule has 0 radical (unpaired) electrons. The van der Waals surface area contributed by atoms with Crippen LogP contribution < -0.4 is 4.74 Å². The maximum atomic E-state index is 4.98. The van der Waals surface area contributed by atoms with Crippen molar-refractivity contribution in [3.8, 4) is 5.88 Å². The van der Waals surface area contributed by atoms with Crippen molar-refractivity contribution < 1.29 is 4.74 Å². The summed E-state index contributed by atoms with van der Waals surface area (Å²) in [5.41, 5.74) is 1.14. The highest BCUT2D eigenvalue weighted by molar-refractivity contribution is 14.1. The Morgan fingerprint density at radius 3 is 2.70 bits per heavy atom. The van der Waals surface area contributed by atoms with Crippen LogP contribution in [0.2, 0.25) is 0 Å². The normalized spacial score (nSPS) is 9.90. The van der Waals surface area contributed by atoms with E-state index in [4.69, 9.17) is 4.74 Å². The molecule has 3 nitrogen and oxygen atoms in total. The second-order valence-corrected chi connectivity index (χ2v) is 2.96. The summed E-state index contributed by atoms with van der Waals surface area (Å²) in [6.07, 6.45) is 0.967. The Hall–Kier alpha value is -0.260. The molecule has 0 aliphatic carbocycles. The van der Waals surface area contributed by atoms with Gasteiger partial charge in [0.15, 0.2) is 0 Å². The number of nitrogens with one attached hydrogen (secondary N) is 1. The van der Waals surface area contributed by atoms with Gasteiger partial charge in [-0.15, -0.1) is 5.10 Å². The van der Waals surface area contributed by atoms with Gasteiger partial charge >= 0.3 is 0 Å². The van der Waals surface area contributed by atoms with E-state index in [1.54, 1.807) is 7.11 Å². The minimum absolute atomic E-state index is 0.692. The number of H-pyrrole nitrogens is 1. The van der Waals surface area contributed by atoms with Crippen LogP contribution in [0.5, 0.6) is 5.88 Å². The van der Waals surface area contributed by atoms with Gasteiger partial charge in [-0.05, 0) is 29.0 Å². The third-order valence-electron chi connectivity index (χ3n) is 1.29. The largest absolute Gasteiger partial charge is 0.479 e. The van der Waals surface area contributed by atoms with Gasteiger partial charge in [0.05, 0.1) is 16.4 Å². The number of halogens is 1. The molecule has 0 atom stereocenters. The minimum atomic E-state index is 0.692. The first kappa shape index (κ1) is 7.84. The molecule has 56 valence electrons. The molecule has 10 heavy (non-hydrogen) atoms. The predicted molar refractivity (Wildman–Crippen MR) is 47.2 cm³/mol. The fourth-order valence-electron chi connectivity index (χ4n) is 0.715. The summed E-state index contributed by atoms with van der Waals surface area (Å²) in [5.74, 6) is 0.692. The lowest BCUT2D eigenvalue weighted by molar-refractivity contribution is 0.394. The molecule has 0 aromatic carbocycles. The maximum Gasteiger partial charge on any atom is 0.246 e. The summed E-state index contributed by atoms with van der Waals surface area (Å²) in [7, 11) is 1.62. The number of aryl methyl sites for hydroxylation is 1. The lowest BCUT2D eigenvalue weighted by Crippen LogP contribution is -1.85. The molecule has 0 aliphatic rings. The first-order valence-electron chi connectivity index (χ1n) is 3.06. The van der Waals surface area contributed by atoms with Crippen LogP contribution in [0.1, 0.15) is 12.6 Å². The molecule has 1 rings (SSSR count). The van der Waals surface area contributed by atoms with Crippen LogP contribution in [0.4, 0.5) is 0 Å². The van der Waals surface area contributed by atoms with Gasteiger partial charge in [0.1, 0.15) is 0 Å². The fourth-order valence-corrected chi connectivity index (χ4v) is 1.56. The predicted octanol–water partition coefficient (Wildman–Crippen LogP) is 1.59. The van der Waals surface area contributed by atoms with Crippen LogP contribution in [0.15, 0.2) is 0 Å². The van der Waals surface area contributed by atoms with E-state index in [2.05, 4.69) is 39.7 Å². The van der Waals surface area contributed by atoms with Crippen molar-refractivity contribution in [3.05, 3.63) is 9.26 Å². The van der Waals surface area contributed by atoms with Crippen LogP contribution in [0, 0.1) is 3.57 Å². The van der Waals surface area contributed by atoms with E-state index >= 15 is 0 Å². The molecule has 0 amide bonds. The zero-order valence-corrected chi connectivity index (χ0v) is 8.10. The highest BCUT2D eigenvalue weighted by atomic mass is 127. The molecule has 0 unspecified atom stereocenters. The summed E-state index contributed by atoms with van der Waals surface area (Å²) < 4.78 is 6.06. The molecule has 0 spiro atoms. The average molecular weight is 252 g/mol. The number of rotatable bonds is 2. The van der Waals surface area contributed by atoms with Crippen molar-refractivity contribution in [2.45, 2.75) is 13.3 Å². The molecule has 4 heteroatoms. The highest BCUT2D eigenvalue weighted by Crippen LogP contribution is 2.20. The van der Waals surface area contributed by atoms with Gasteiger partial charge < -0.3 is 4.74 Å². The molecule has 0 bridgehead atoms. The number of ether oxygens (including phenoxy) is 1. The summed E-state index contributed by atoms with van der Waals surface area (Å²) in [5, 5.41) is 6.84. The lowest BCUT2D eigenvalue weighted by atomic mass is 10.3. The van der Waals surface area contributed by atoms with Crippen molar-refractivity contribution in [2.75, 3.05) is 7.11 Å². The van der Waals surface area contributed by atoms with Crippen LogP contribution in [-0.2, 0) is 6.42 Å². The molecule has 1 aromatic rings. The standard InChI is InChI=1S/C6H9IN2O/c1-3-4-5(7)6(10-2)9-8-4/h3H2,1-2H3,(H,8,9). The smallest absolute Gasteiger partial charge is 0.246 e. The number of aromatic amines is 1. The molecular weight excluding hydrogens is 243 g/mol. The van der Waals surface area contributed by atoms with Gasteiger partial charge in [0.2, 0.25) is 5.88 Å². The van der Waals surface area contributed by atoms with Crippen molar-refractivity contribution >= 4 is 22.6 Å². The van der Waals surface area contributed by atoms with Gasteiger partial charge in [-0.2, -0.15) is 0 Å². The van der Waals surface area contributed by atoms with Crippen LogP contribution in [0.3, 0.4) is 0 Å². The molecule has 0 saturated carbocycles. The zero-order chi connectivity index (χ0) is 7.56. The highest BCUT2D eigenvalue weighted by Gasteiger charge is 2.07. The SMILES string of the molecule is CCc1[nH]nc(OC)c1I.